The molecule has 2 aromatic heterocycles. The summed E-state index contributed by atoms with van der Waals surface area (Å²) < 4.78 is 9.36. The maximum Gasteiger partial charge on any atom is 0.136 e. The summed E-state index contributed by atoms with van der Waals surface area (Å²) in [6, 6.07) is 73.1. The first-order valence-corrected chi connectivity index (χ1v) is 24.0. The van der Waals surface area contributed by atoms with Gasteiger partial charge in [-0.25, -0.2) is 0 Å². The Morgan fingerprint density at radius 1 is 0.530 bits per heavy atom. The molecule has 12 rings (SSSR count). The van der Waals surface area contributed by atoms with E-state index in [-0.39, 0.29) is 6.04 Å². The van der Waals surface area contributed by atoms with E-state index >= 15 is 0 Å². The maximum atomic E-state index is 6.70. The minimum atomic E-state index is -0.0274. The van der Waals surface area contributed by atoms with Crippen LogP contribution in [-0.4, -0.2) is 5.71 Å². The molecule has 0 amide bonds. The molecule has 0 saturated heterocycles. The van der Waals surface area contributed by atoms with Gasteiger partial charge in [-0.05, 0) is 121 Å². The zero-order valence-corrected chi connectivity index (χ0v) is 37.9. The van der Waals surface area contributed by atoms with Crippen LogP contribution < -0.4 is 0 Å². The number of rotatable bonds is 10. The highest BCUT2D eigenvalue weighted by Gasteiger charge is 2.21. The predicted molar refractivity (Wildman–Crippen MR) is 285 cm³/mol. The van der Waals surface area contributed by atoms with Crippen molar-refractivity contribution in [2.75, 3.05) is 0 Å². The number of nitrogens with zero attached hydrogens (tertiary/aromatic N) is 1. The van der Waals surface area contributed by atoms with E-state index in [0.29, 0.717) is 0 Å². The lowest BCUT2D eigenvalue weighted by atomic mass is 9.88. The molecule has 12 aromatic rings. The minimum absolute atomic E-state index is 0.0274. The Morgan fingerprint density at radius 3 is 2.12 bits per heavy atom. The summed E-state index contributed by atoms with van der Waals surface area (Å²) in [4.78, 5) is 5.76. The lowest BCUT2D eigenvalue weighted by molar-refractivity contribution is 0.644. The molecule has 0 saturated carbocycles. The van der Waals surface area contributed by atoms with Crippen molar-refractivity contribution >= 4 is 97.6 Å². The van der Waals surface area contributed by atoms with Gasteiger partial charge in [-0.3, -0.25) is 4.99 Å². The molecule has 0 aliphatic carbocycles. The van der Waals surface area contributed by atoms with E-state index in [1.165, 1.54) is 91.4 Å². The third-order valence-electron chi connectivity index (χ3n) is 13.4. The molecule has 3 heteroatoms. The van der Waals surface area contributed by atoms with Crippen molar-refractivity contribution in [1.82, 2.24) is 0 Å². The van der Waals surface area contributed by atoms with Crippen LogP contribution in [0.25, 0.3) is 103 Å². The molecule has 0 bridgehead atoms. The zero-order valence-electron chi connectivity index (χ0n) is 37.1. The summed E-state index contributed by atoms with van der Waals surface area (Å²) in [5.41, 5.74) is 12.5. The third kappa shape index (κ3) is 7.17. The van der Waals surface area contributed by atoms with Gasteiger partial charge in [0.25, 0.3) is 0 Å². The molecule has 0 fully saturated rings. The quantitative estimate of drug-likeness (QED) is 0.0993. The molecule has 2 nitrogen and oxygen atoms in total. The molecule has 66 heavy (non-hydrogen) atoms. The van der Waals surface area contributed by atoms with E-state index in [1.807, 2.05) is 11.3 Å². The van der Waals surface area contributed by atoms with E-state index in [9.17, 15) is 0 Å². The average Bonchev–Trinajstić information content (AvgIpc) is 3.93. The van der Waals surface area contributed by atoms with Gasteiger partial charge >= 0.3 is 0 Å². The zero-order chi connectivity index (χ0) is 44.1. The topological polar surface area (TPSA) is 25.5 Å². The van der Waals surface area contributed by atoms with E-state index in [4.69, 9.17) is 9.41 Å². The molecule has 1 unspecified atom stereocenters. The Hall–Kier alpha value is -7.59. The first-order chi connectivity index (χ1) is 32.6. The Bertz CT molecular complexity index is 3890. The van der Waals surface area contributed by atoms with Gasteiger partial charge in [0.15, 0.2) is 0 Å². The summed E-state index contributed by atoms with van der Waals surface area (Å²) in [6.45, 7) is 4.53. The largest absolute Gasteiger partial charge is 0.456 e. The van der Waals surface area contributed by atoms with Crippen LogP contribution in [0, 0.1) is 0 Å². The van der Waals surface area contributed by atoms with E-state index in [2.05, 4.69) is 220 Å². The second kappa shape index (κ2) is 16.8. The van der Waals surface area contributed by atoms with Gasteiger partial charge in [0.2, 0.25) is 0 Å². The number of para-hydroxylation sites is 1. The van der Waals surface area contributed by atoms with Gasteiger partial charge in [0.1, 0.15) is 11.2 Å². The number of benzene rings is 10. The highest BCUT2D eigenvalue weighted by molar-refractivity contribution is 7.25. The number of aliphatic imine (C=N–C) groups is 1. The summed E-state index contributed by atoms with van der Waals surface area (Å²) in [5.74, 6) is 0. The van der Waals surface area contributed by atoms with Gasteiger partial charge < -0.3 is 4.42 Å². The van der Waals surface area contributed by atoms with Crippen molar-refractivity contribution in [3.63, 3.8) is 0 Å². The highest BCUT2D eigenvalue weighted by atomic mass is 32.1. The van der Waals surface area contributed by atoms with Crippen LogP contribution in [0.5, 0.6) is 0 Å². The fourth-order valence-electron chi connectivity index (χ4n) is 10.3. The lowest BCUT2D eigenvalue weighted by Crippen LogP contribution is -2.07. The number of thiophene rings is 1. The van der Waals surface area contributed by atoms with Crippen molar-refractivity contribution in [3.8, 4) is 22.3 Å². The van der Waals surface area contributed by atoms with Crippen molar-refractivity contribution < 1.29 is 4.42 Å². The monoisotopic (exact) mass is 865 g/mol. The third-order valence-corrected chi connectivity index (χ3v) is 14.5. The van der Waals surface area contributed by atoms with Crippen LogP contribution in [0.1, 0.15) is 55.8 Å². The second-order valence-corrected chi connectivity index (χ2v) is 18.8. The molecule has 10 aromatic carbocycles. The number of hydrogen-bond donors (Lipinski definition) is 0. The Morgan fingerprint density at radius 2 is 1.24 bits per heavy atom. The van der Waals surface area contributed by atoms with Crippen molar-refractivity contribution in [2.45, 2.75) is 39.2 Å². The Balaban J connectivity index is 0.980. The Labute approximate surface area is 388 Å². The van der Waals surface area contributed by atoms with Crippen LogP contribution in [0.3, 0.4) is 0 Å². The summed E-state index contributed by atoms with van der Waals surface area (Å²) in [5, 5.41) is 12.4. The molecular formula is C63H47NOS. The summed E-state index contributed by atoms with van der Waals surface area (Å²) >= 11 is 1.87. The standard InChI is InChI=1S/C63H47NOS/c1-3-15-57(64-58(44-17-5-4-6-18-44)35-40(2)34-41-28-33-53-52-20-10-12-27-61(52)66-62(53)36-41)51-25-14-22-48-49(51)23-13-24-50(48)56-38-46(39-60-63(56)54-21-9-11-26-59(54)65-60)45-32-31-43-30-29-42-16-7-8-19-47(42)55(43)37-45/h4-14,16-34,36-39,57H,3,15,35H2,1-2H3/b40-34-,64-58+. The fraction of sp³-hybridized carbons (Fsp3) is 0.0952. The van der Waals surface area contributed by atoms with Crippen molar-refractivity contribution in [1.29, 1.82) is 0 Å². The van der Waals surface area contributed by atoms with Gasteiger partial charge in [-0.15, -0.1) is 11.3 Å². The predicted octanol–water partition coefficient (Wildman–Crippen LogP) is 18.6. The highest BCUT2D eigenvalue weighted by Crippen LogP contribution is 2.44. The summed E-state index contributed by atoms with van der Waals surface area (Å²) in [7, 11) is 0. The molecule has 0 aliphatic rings. The molecule has 0 aliphatic heterocycles. The molecule has 0 spiro atoms. The minimum Gasteiger partial charge on any atom is -0.456 e. The van der Waals surface area contributed by atoms with Gasteiger partial charge in [0, 0.05) is 43.1 Å². The van der Waals surface area contributed by atoms with Crippen LogP contribution in [0.2, 0.25) is 0 Å². The van der Waals surface area contributed by atoms with Crippen LogP contribution >= 0.6 is 11.3 Å². The van der Waals surface area contributed by atoms with Gasteiger partial charge in [0.05, 0.1) is 6.04 Å². The molecule has 2 heterocycles. The van der Waals surface area contributed by atoms with Crippen molar-refractivity contribution in [2.24, 2.45) is 4.99 Å². The number of hydrogen-bond acceptors (Lipinski definition) is 3. The molecule has 1 atom stereocenters. The molecule has 0 radical (unpaired) electrons. The lowest BCUT2D eigenvalue weighted by Gasteiger charge is -2.19. The summed E-state index contributed by atoms with van der Waals surface area (Å²) in [6.07, 6.45) is 5.05. The van der Waals surface area contributed by atoms with E-state index in [0.717, 1.165) is 52.5 Å². The average molecular weight is 866 g/mol. The number of fused-ring (bicyclic) bond motifs is 10. The van der Waals surface area contributed by atoms with Gasteiger partial charge in [-0.2, -0.15) is 0 Å². The second-order valence-electron chi connectivity index (χ2n) is 17.7. The smallest absolute Gasteiger partial charge is 0.136 e. The molecular weight excluding hydrogens is 819 g/mol. The van der Waals surface area contributed by atoms with E-state index < -0.39 is 0 Å². The van der Waals surface area contributed by atoms with Crippen LogP contribution in [0.15, 0.2) is 215 Å². The SMILES string of the molecule is CCCC(/N=C(\C/C(C)=C\c1ccc2c(c1)sc1ccccc12)c1ccccc1)c1cccc2c(-c3cc(-c4ccc5ccc6ccccc6c5c4)cc4oc5ccccc5c34)cccc12. The Kier molecular flexibility index (Phi) is 10.1. The first-order valence-electron chi connectivity index (χ1n) is 23.2. The normalized spacial score (nSPS) is 13.0. The number of furan rings is 1. The van der Waals surface area contributed by atoms with Crippen LogP contribution in [-0.2, 0) is 0 Å². The molecule has 316 valence electrons. The fourth-order valence-corrected chi connectivity index (χ4v) is 11.5. The van der Waals surface area contributed by atoms with Crippen LogP contribution in [0.4, 0.5) is 0 Å². The van der Waals surface area contributed by atoms with E-state index in [1.54, 1.807) is 0 Å². The van der Waals surface area contributed by atoms with Gasteiger partial charge in [-0.1, -0.05) is 189 Å². The molecule has 0 N–H and O–H groups in total. The first kappa shape index (κ1) is 40.0. The maximum absolute atomic E-state index is 6.70. The van der Waals surface area contributed by atoms with Crippen molar-refractivity contribution in [3.05, 3.63) is 222 Å². The number of allylic oxidation sites excluding steroid dienone is 1.